The number of benzene rings is 2. The molecule has 3 aromatic rings. The Balaban J connectivity index is 1.24. The summed E-state index contributed by atoms with van der Waals surface area (Å²) in [5.41, 5.74) is 2.07. The van der Waals surface area contributed by atoms with E-state index < -0.39 is 0 Å². The van der Waals surface area contributed by atoms with Gasteiger partial charge < -0.3 is 19.5 Å². The van der Waals surface area contributed by atoms with Crippen LogP contribution in [0, 0.1) is 0 Å². The Hall–Kier alpha value is -3.35. The number of amides is 2. The molecule has 1 N–H and O–H groups in total. The summed E-state index contributed by atoms with van der Waals surface area (Å²) < 4.78 is 10.8. The van der Waals surface area contributed by atoms with Crippen molar-refractivity contribution in [2.24, 2.45) is 0 Å². The molecule has 0 aliphatic carbocycles. The standard InChI is InChI=1S/C22H24N4O3/c1-28-19-12-6-5-11-18(19)20-24-21(29-25-20)17-14-26(15-17)22(27)23-13-7-10-16-8-3-2-4-9-16/h2-6,8-9,11-12,17H,7,10,13-15H2,1H3,(H,23,27). The number of ether oxygens (including phenoxy) is 1. The smallest absolute Gasteiger partial charge is 0.317 e. The number of likely N-dealkylation sites (tertiary alicyclic amines) is 1. The Kier molecular flexibility index (Phi) is 5.74. The average molecular weight is 392 g/mol. The SMILES string of the molecule is COc1ccccc1-c1noc(C2CN(C(=O)NCCCc3ccccc3)C2)n1. The molecule has 2 aromatic carbocycles. The summed E-state index contributed by atoms with van der Waals surface area (Å²) in [4.78, 5) is 18.5. The van der Waals surface area contributed by atoms with Crippen molar-refractivity contribution in [2.75, 3.05) is 26.7 Å². The molecule has 1 fully saturated rings. The molecule has 0 atom stereocenters. The normalized spacial score (nSPS) is 13.8. The molecule has 2 amide bonds. The maximum Gasteiger partial charge on any atom is 0.317 e. The number of aryl methyl sites for hydroxylation is 1. The topological polar surface area (TPSA) is 80.5 Å². The summed E-state index contributed by atoms with van der Waals surface area (Å²) >= 11 is 0. The molecule has 1 aromatic heterocycles. The Morgan fingerprint density at radius 1 is 1.17 bits per heavy atom. The highest BCUT2D eigenvalue weighted by Gasteiger charge is 2.35. The molecule has 1 aliphatic heterocycles. The van der Waals surface area contributed by atoms with Crippen molar-refractivity contribution < 1.29 is 14.1 Å². The van der Waals surface area contributed by atoms with Gasteiger partial charge in [-0.2, -0.15) is 4.98 Å². The lowest BCUT2D eigenvalue weighted by Crippen LogP contribution is -2.52. The predicted octanol–water partition coefficient (Wildman–Crippen LogP) is 3.49. The van der Waals surface area contributed by atoms with Gasteiger partial charge in [-0.05, 0) is 30.5 Å². The second-order valence-electron chi connectivity index (χ2n) is 7.08. The number of nitrogens with one attached hydrogen (secondary N) is 1. The van der Waals surface area contributed by atoms with Gasteiger partial charge in [0.05, 0.1) is 18.6 Å². The molecule has 0 bridgehead atoms. The number of rotatable bonds is 7. The van der Waals surface area contributed by atoms with Crippen LogP contribution in [0.4, 0.5) is 4.79 Å². The molecule has 1 saturated heterocycles. The van der Waals surface area contributed by atoms with E-state index in [2.05, 4.69) is 27.6 Å². The van der Waals surface area contributed by atoms with Crippen LogP contribution >= 0.6 is 0 Å². The van der Waals surface area contributed by atoms with Crippen molar-refractivity contribution in [1.82, 2.24) is 20.4 Å². The van der Waals surface area contributed by atoms with E-state index in [1.165, 1.54) is 5.56 Å². The van der Waals surface area contributed by atoms with Crippen LogP contribution in [0.25, 0.3) is 11.4 Å². The molecule has 0 spiro atoms. The van der Waals surface area contributed by atoms with Gasteiger partial charge >= 0.3 is 6.03 Å². The maximum atomic E-state index is 12.3. The van der Waals surface area contributed by atoms with Gasteiger partial charge in [-0.1, -0.05) is 47.6 Å². The quantitative estimate of drug-likeness (QED) is 0.623. The van der Waals surface area contributed by atoms with Gasteiger partial charge in [0.15, 0.2) is 0 Å². The molecule has 150 valence electrons. The second kappa shape index (κ2) is 8.77. The highest BCUT2D eigenvalue weighted by molar-refractivity contribution is 5.75. The minimum absolute atomic E-state index is 0.0428. The van der Waals surface area contributed by atoms with E-state index >= 15 is 0 Å². The zero-order valence-corrected chi connectivity index (χ0v) is 16.4. The van der Waals surface area contributed by atoms with Crippen molar-refractivity contribution >= 4 is 6.03 Å². The van der Waals surface area contributed by atoms with Crippen LogP contribution in [-0.4, -0.2) is 47.8 Å². The van der Waals surface area contributed by atoms with Gasteiger partial charge in [-0.25, -0.2) is 4.79 Å². The van der Waals surface area contributed by atoms with Gasteiger partial charge in [-0.3, -0.25) is 0 Å². The second-order valence-corrected chi connectivity index (χ2v) is 7.08. The van der Waals surface area contributed by atoms with Gasteiger partial charge in [-0.15, -0.1) is 0 Å². The summed E-state index contributed by atoms with van der Waals surface area (Å²) in [5, 5.41) is 7.05. The van der Waals surface area contributed by atoms with Gasteiger partial charge in [0, 0.05) is 19.6 Å². The Bertz CT molecular complexity index is 951. The van der Waals surface area contributed by atoms with E-state index in [-0.39, 0.29) is 11.9 Å². The first-order valence-corrected chi connectivity index (χ1v) is 9.78. The zero-order valence-electron chi connectivity index (χ0n) is 16.4. The Morgan fingerprint density at radius 2 is 1.93 bits per heavy atom. The molecule has 7 heteroatoms. The summed E-state index contributed by atoms with van der Waals surface area (Å²) in [6.07, 6.45) is 1.87. The fraction of sp³-hybridized carbons (Fsp3) is 0.318. The lowest BCUT2D eigenvalue weighted by Gasteiger charge is -2.36. The molecule has 0 unspecified atom stereocenters. The molecule has 2 heterocycles. The van der Waals surface area contributed by atoms with E-state index in [9.17, 15) is 4.79 Å². The van der Waals surface area contributed by atoms with E-state index in [1.807, 2.05) is 42.5 Å². The number of aromatic nitrogens is 2. The lowest BCUT2D eigenvalue weighted by atomic mass is 10.0. The molecule has 1 aliphatic rings. The summed E-state index contributed by atoms with van der Waals surface area (Å²) in [6, 6.07) is 17.8. The first-order valence-electron chi connectivity index (χ1n) is 9.78. The van der Waals surface area contributed by atoms with E-state index in [0.717, 1.165) is 18.4 Å². The van der Waals surface area contributed by atoms with Crippen LogP contribution in [0.5, 0.6) is 5.75 Å². The lowest BCUT2D eigenvalue weighted by molar-refractivity contribution is 0.137. The van der Waals surface area contributed by atoms with E-state index in [0.29, 0.717) is 37.1 Å². The van der Waals surface area contributed by atoms with Crippen LogP contribution < -0.4 is 10.1 Å². The van der Waals surface area contributed by atoms with Crippen molar-refractivity contribution in [3.63, 3.8) is 0 Å². The minimum atomic E-state index is -0.0428. The molecule has 0 saturated carbocycles. The van der Waals surface area contributed by atoms with Crippen molar-refractivity contribution in [1.29, 1.82) is 0 Å². The number of methoxy groups -OCH3 is 1. The highest BCUT2D eigenvalue weighted by Crippen LogP contribution is 2.31. The fourth-order valence-corrected chi connectivity index (χ4v) is 3.38. The first-order chi connectivity index (χ1) is 14.2. The number of carbonyl (C=O) groups excluding carboxylic acids is 1. The predicted molar refractivity (Wildman–Crippen MR) is 109 cm³/mol. The van der Waals surface area contributed by atoms with Crippen molar-refractivity contribution in [3.05, 3.63) is 66.1 Å². The third-order valence-corrected chi connectivity index (χ3v) is 5.07. The third kappa shape index (κ3) is 4.39. The monoisotopic (exact) mass is 392 g/mol. The van der Waals surface area contributed by atoms with Crippen LogP contribution in [0.1, 0.15) is 23.8 Å². The molecule has 4 rings (SSSR count). The molecule has 29 heavy (non-hydrogen) atoms. The maximum absolute atomic E-state index is 12.3. The molecular weight excluding hydrogens is 368 g/mol. The average Bonchev–Trinajstić information content (AvgIpc) is 3.20. The minimum Gasteiger partial charge on any atom is -0.496 e. The van der Waals surface area contributed by atoms with Gasteiger partial charge in [0.1, 0.15) is 5.75 Å². The number of nitrogens with zero attached hydrogens (tertiary/aromatic N) is 3. The third-order valence-electron chi connectivity index (χ3n) is 5.07. The molecule has 0 radical (unpaired) electrons. The Labute approximate surface area is 169 Å². The first kappa shape index (κ1) is 19.0. The van der Waals surface area contributed by atoms with Gasteiger partial charge in [0.2, 0.25) is 11.7 Å². The van der Waals surface area contributed by atoms with Crippen LogP contribution in [-0.2, 0) is 6.42 Å². The highest BCUT2D eigenvalue weighted by atomic mass is 16.5. The number of urea groups is 1. The largest absolute Gasteiger partial charge is 0.496 e. The van der Waals surface area contributed by atoms with Gasteiger partial charge in [0.25, 0.3) is 0 Å². The van der Waals surface area contributed by atoms with Crippen molar-refractivity contribution in [3.8, 4) is 17.1 Å². The zero-order chi connectivity index (χ0) is 20.1. The van der Waals surface area contributed by atoms with Crippen LogP contribution in [0.2, 0.25) is 0 Å². The van der Waals surface area contributed by atoms with E-state index in [4.69, 9.17) is 9.26 Å². The van der Waals surface area contributed by atoms with E-state index in [1.54, 1.807) is 12.0 Å². The van der Waals surface area contributed by atoms with Crippen LogP contribution in [0.3, 0.4) is 0 Å². The summed E-state index contributed by atoms with van der Waals surface area (Å²) in [7, 11) is 1.61. The number of carbonyl (C=O) groups is 1. The summed E-state index contributed by atoms with van der Waals surface area (Å²) in [5.74, 6) is 1.83. The number of para-hydroxylation sites is 1. The van der Waals surface area contributed by atoms with Crippen molar-refractivity contribution in [2.45, 2.75) is 18.8 Å². The molecule has 7 nitrogen and oxygen atoms in total. The Morgan fingerprint density at radius 3 is 2.72 bits per heavy atom. The number of hydrogen-bond acceptors (Lipinski definition) is 5. The summed E-state index contributed by atoms with van der Waals surface area (Å²) in [6.45, 7) is 1.82. The van der Waals surface area contributed by atoms with Crippen LogP contribution in [0.15, 0.2) is 59.1 Å². The number of hydrogen-bond donors (Lipinski definition) is 1. The fourth-order valence-electron chi connectivity index (χ4n) is 3.38. The molecular formula is C22H24N4O3.